The molecule has 6 heteroatoms. The number of amides is 1. The number of nitrogens with one attached hydrogen (secondary N) is 2. The van der Waals surface area contributed by atoms with E-state index in [0.29, 0.717) is 23.0 Å². The molecule has 1 saturated heterocycles. The molecule has 0 spiro atoms. The SMILES string of the molecule is O=C(C1CNNC1C1CCCCC1)N(Cc1c(F)cccc1Cl)C1CC1. The van der Waals surface area contributed by atoms with Crippen LogP contribution in [-0.2, 0) is 11.3 Å². The Kier molecular flexibility index (Phi) is 5.48. The lowest BCUT2D eigenvalue weighted by molar-refractivity contribution is -0.137. The van der Waals surface area contributed by atoms with E-state index in [4.69, 9.17) is 11.6 Å². The number of benzene rings is 1. The van der Waals surface area contributed by atoms with Gasteiger partial charge in [0.1, 0.15) is 5.82 Å². The summed E-state index contributed by atoms with van der Waals surface area (Å²) < 4.78 is 14.3. The Balaban J connectivity index is 1.52. The lowest BCUT2D eigenvalue weighted by atomic mass is 9.79. The van der Waals surface area contributed by atoms with E-state index in [1.165, 1.54) is 38.2 Å². The van der Waals surface area contributed by atoms with E-state index in [1.807, 2.05) is 4.90 Å². The molecule has 2 saturated carbocycles. The molecule has 2 aliphatic carbocycles. The predicted octanol–water partition coefficient (Wildman–Crippen LogP) is 3.64. The number of carbonyl (C=O) groups excluding carboxylic acids is 1. The average Bonchev–Trinajstić information content (AvgIpc) is 3.37. The molecule has 1 aliphatic heterocycles. The molecule has 26 heavy (non-hydrogen) atoms. The summed E-state index contributed by atoms with van der Waals surface area (Å²) in [7, 11) is 0. The molecule has 3 fully saturated rings. The minimum Gasteiger partial charge on any atom is -0.335 e. The van der Waals surface area contributed by atoms with Gasteiger partial charge in [-0.15, -0.1) is 0 Å². The Hall–Kier alpha value is -1.17. The molecule has 1 heterocycles. The zero-order valence-corrected chi connectivity index (χ0v) is 15.8. The van der Waals surface area contributed by atoms with E-state index >= 15 is 0 Å². The fourth-order valence-electron chi connectivity index (χ4n) is 4.53. The molecule has 4 rings (SSSR count). The highest BCUT2D eigenvalue weighted by Crippen LogP contribution is 2.35. The Morgan fingerprint density at radius 3 is 2.65 bits per heavy atom. The van der Waals surface area contributed by atoms with E-state index < -0.39 is 0 Å². The van der Waals surface area contributed by atoms with E-state index in [1.54, 1.807) is 12.1 Å². The predicted molar refractivity (Wildman–Crippen MR) is 100.0 cm³/mol. The number of halogens is 2. The molecule has 2 atom stereocenters. The van der Waals surface area contributed by atoms with Crippen molar-refractivity contribution >= 4 is 17.5 Å². The van der Waals surface area contributed by atoms with Crippen molar-refractivity contribution in [3.63, 3.8) is 0 Å². The van der Waals surface area contributed by atoms with Gasteiger partial charge in [0, 0.05) is 29.2 Å². The highest BCUT2D eigenvalue weighted by molar-refractivity contribution is 6.31. The van der Waals surface area contributed by atoms with E-state index in [2.05, 4.69) is 10.9 Å². The van der Waals surface area contributed by atoms with Crippen LogP contribution in [0.1, 0.15) is 50.5 Å². The van der Waals surface area contributed by atoms with Crippen molar-refractivity contribution < 1.29 is 9.18 Å². The van der Waals surface area contributed by atoms with Gasteiger partial charge in [0.05, 0.1) is 12.5 Å². The van der Waals surface area contributed by atoms with E-state index in [-0.39, 0.29) is 36.3 Å². The third-order valence-corrected chi connectivity index (χ3v) is 6.51. The molecule has 0 aromatic heterocycles. The van der Waals surface area contributed by atoms with Crippen LogP contribution in [0.15, 0.2) is 18.2 Å². The van der Waals surface area contributed by atoms with Gasteiger partial charge in [-0.1, -0.05) is 36.9 Å². The Bertz CT molecular complexity index is 640. The number of carbonyl (C=O) groups is 1. The molecule has 2 unspecified atom stereocenters. The van der Waals surface area contributed by atoms with Crippen molar-refractivity contribution in [2.45, 2.75) is 63.6 Å². The lowest BCUT2D eigenvalue weighted by Crippen LogP contribution is -2.46. The molecule has 1 aromatic carbocycles. The van der Waals surface area contributed by atoms with Gasteiger partial charge in [-0.3, -0.25) is 15.6 Å². The monoisotopic (exact) mass is 379 g/mol. The maximum atomic E-state index is 14.3. The maximum absolute atomic E-state index is 14.3. The van der Waals surface area contributed by atoms with Crippen LogP contribution < -0.4 is 10.9 Å². The maximum Gasteiger partial charge on any atom is 0.229 e. The fraction of sp³-hybridized carbons (Fsp3) is 0.650. The average molecular weight is 380 g/mol. The van der Waals surface area contributed by atoms with Crippen molar-refractivity contribution in [2.75, 3.05) is 6.54 Å². The van der Waals surface area contributed by atoms with Gasteiger partial charge in [0.2, 0.25) is 5.91 Å². The molecule has 1 amide bonds. The third-order valence-electron chi connectivity index (χ3n) is 6.16. The Labute approximate surface area is 159 Å². The molecule has 142 valence electrons. The van der Waals surface area contributed by atoms with Crippen molar-refractivity contribution in [3.05, 3.63) is 34.6 Å². The molecular weight excluding hydrogens is 353 g/mol. The number of hydrogen-bond donors (Lipinski definition) is 2. The highest BCUT2D eigenvalue weighted by atomic mass is 35.5. The molecule has 2 N–H and O–H groups in total. The fourth-order valence-corrected chi connectivity index (χ4v) is 4.76. The minimum atomic E-state index is -0.331. The van der Waals surface area contributed by atoms with Crippen LogP contribution in [0.25, 0.3) is 0 Å². The number of rotatable bonds is 5. The van der Waals surface area contributed by atoms with Crippen LogP contribution in [0.2, 0.25) is 5.02 Å². The zero-order valence-electron chi connectivity index (χ0n) is 15.0. The lowest BCUT2D eigenvalue weighted by Gasteiger charge is -2.33. The van der Waals surface area contributed by atoms with Crippen LogP contribution in [0, 0.1) is 17.7 Å². The van der Waals surface area contributed by atoms with Crippen molar-refractivity contribution in [2.24, 2.45) is 11.8 Å². The second-order valence-corrected chi connectivity index (χ2v) is 8.36. The van der Waals surface area contributed by atoms with Crippen LogP contribution in [0.4, 0.5) is 4.39 Å². The summed E-state index contributed by atoms with van der Waals surface area (Å²) in [5.74, 6) is 0.275. The normalized spacial score (nSPS) is 26.8. The van der Waals surface area contributed by atoms with Gasteiger partial charge >= 0.3 is 0 Å². The highest BCUT2D eigenvalue weighted by Gasteiger charge is 2.43. The largest absolute Gasteiger partial charge is 0.335 e. The molecule has 0 bridgehead atoms. The number of hydrogen-bond acceptors (Lipinski definition) is 3. The van der Waals surface area contributed by atoms with Crippen molar-refractivity contribution in [3.8, 4) is 0 Å². The molecule has 0 radical (unpaired) electrons. The molecule has 1 aromatic rings. The summed E-state index contributed by atoms with van der Waals surface area (Å²) >= 11 is 6.21. The van der Waals surface area contributed by atoms with Gasteiger partial charge in [-0.05, 0) is 43.7 Å². The first-order valence-corrected chi connectivity index (χ1v) is 10.2. The summed E-state index contributed by atoms with van der Waals surface area (Å²) in [5, 5.41) is 0.398. The van der Waals surface area contributed by atoms with Gasteiger partial charge in [-0.25, -0.2) is 4.39 Å². The second kappa shape index (κ2) is 7.83. The smallest absolute Gasteiger partial charge is 0.229 e. The summed E-state index contributed by atoms with van der Waals surface area (Å²) in [6, 6.07) is 5.12. The van der Waals surface area contributed by atoms with Crippen LogP contribution in [0.3, 0.4) is 0 Å². The first kappa shape index (κ1) is 18.2. The molecular formula is C20H27ClFN3O. The van der Waals surface area contributed by atoms with Gasteiger partial charge in [0.25, 0.3) is 0 Å². The quantitative estimate of drug-likeness (QED) is 0.820. The minimum absolute atomic E-state index is 0.0794. The van der Waals surface area contributed by atoms with Crippen LogP contribution in [0.5, 0.6) is 0 Å². The van der Waals surface area contributed by atoms with Gasteiger partial charge in [-0.2, -0.15) is 0 Å². The summed E-state index contributed by atoms with van der Waals surface area (Å²) in [5.41, 5.74) is 7.00. The van der Waals surface area contributed by atoms with Crippen molar-refractivity contribution in [1.29, 1.82) is 0 Å². The zero-order chi connectivity index (χ0) is 18.1. The number of nitrogens with zero attached hydrogens (tertiary/aromatic N) is 1. The molecule has 3 aliphatic rings. The summed E-state index contributed by atoms with van der Waals surface area (Å²) in [6.45, 7) is 0.914. The van der Waals surface area contributed by atoms with Gasteiger partial charge in [0.15, 0.2) is 0 Å². The Morgan fingerprint density at radius 2 is 1.96 bits per heavy atom. The first-order valence-electron chi connectivity index (χ1n) is 9.87. The number of hydrazine groups is 1. The second-order valence-electron chi connectivity index (χ2n) is 7.95. The van der Waals surface area contributed by atoms with Crippen molar-refractivity contribution in [1.82, 2.24) is 15.8 Å². The molecule has 4 nitrogen and oxygen atoms in total. The third kappa shape index (κ3) is 3.75. The van der Waals surface area contributed by atoms with Crippen LogP contribution in [-0.4, -0.2) is 29.4 Å². The summed E-state index contributed by atoms with van der Waals surface area (Å²) in [4.78, 5) is 15.3. The van der Waals surface area contributed by atoms with E-state index in [0.717, 1.165) is 12.8 Å². The topological polar surface area (TPSA) is 44.4 Å². The summed E-state index contributed by atoms with van der Waals surface area (Å²) in [6.07, 6.45) is 8.17. The van der Waals surface area contributed by atoms with Gasteiger partial charge < -0.3 is 4.90 Å². The first-order chi connectivity index (χ1) is 12.6. The standard InChI is InChI=1S/C20H27ClFN3O/c21-17-7-4-8-18(22)16(17)12-25(14-9-10-14)20(26)15-11-23-24-19(15)13-5-2-1-3-6-13/h4,7-8,13-15,19,23-24H,1-3,5-6,9-12H2. The van der Waals surface area contributed by atoms with Crippen LogP contribution >= 0.6 is 11.6 Å². The van der Waals surface area contributed by atoms with E-state index in [9.17, 15) is 9.18 Å². The Morgan fingerprint density at radius 1 is 1.19 bits per heavy atom.